The van der Waals surface area contributed by atoms with Gasteiger partial charge in [-0.25, -0.2) is 4.39 Å². The van der Waals surface area contributed by atoms with Gasteiger partial charge in [0.25, 0.3) is 0 Å². The molecule has 2 rings (SSSR count). The second-order valence-corrected chi connectivity index (χ2v) is 3.75. The van der Waals surface area contributed by atoms with Crippen LogP contribution in [0.15, 0.2) is 42.5 Å². The summed E-state index contributed by atoms with van der Waals surface area (Å²) in [5.41, 5.74) is 1.46. The molecule has 0 saturated heterocycles. The minimum absolute atomic E-state index is 0.309. The van der Waals surface area contributed by atoms with Gasteiger partial charge in [0.05, 0.1) is 11.6 Å². The van der Waals surface area contributed by atoms with Crippen LogP contribution in [0.25, 0.3) is 11.1 Å². The standard InChI is InChI=1S/C13H7ClFN/c14-11-3-1-2-10(7-11)12-5-4-9(8-16)6-13(12)15/h1-7H. The Morgan fingerprint density at radius 2 is 1.94 bits per heavy atom. The van der Waals surface area contributed by atoms with Crippen LogP contribution in [0.5, 0.6) is 0 Å². The highest BCUT2D eigenvalue weighted by Gasteiger charge is 2.06. The van der Waals surface area contributed by atoms with Gasteiger partial charge in [0.15, 0.2) is 0 Å². The molecule has 0 aliphatic carbocycles. The number of benzene rings is 2. The fraction of sp³-hybridized carbons (Fsp3) is 0. The first kappa shape index (κ1) is 10.7. The Kier molecular flexibility index (Phi) is 2.89. The van der Waals surface area contributed by atoms with Crippen molar-refractivity contribution in [3.05, 3.63) is 58.9 Å². The molecule has 0 spiro atoms. The number of nitrogens with zero attached hydrogens (tertiary/aromatic N) is 1. The normalized spacial score (nSPS) is 9.81. The highest BCUT2D eigenvalue weighted by molar-refractivity contribution is 6.30. The van der Waals surface area contributed by atoms with Gasteiger partial charge in [-0.2, -0.15) is 5.26 Å². The molecule has 0 aromatic heterocycles. The lowest BCUT2D eigenvalue weighted by atomic mass is 10.0. The van der Waals surface area contributed by atoms with E-state index in [9.17, 15) is 4.39 Å². The van der Waals surface area contributed by atoms with Gasteiger partial charge in [-0.1, -0.05) is 29.8 Å². The van der Waals surface area contributed by atoms with Crippen LogP contribution in [0.2, 0.25) is 5.02 Å². The van der Waals surface area contributed by atoms with Gasteiger partial charge in [-0.15, -0.1) is 0 Å². The first-order valence-corrected chi connectivity index (χ1v) is 5.04. The summed E-state index contributed by atoms with van der Waals surface area (Å²) in [5, 5.41) is 9.19. The monoisotopic (exact) mass is 231 g/mol. The molecule has 0 saturated carbocycles. The largest absolute Gasteiger partial charge is 0.206 e. The zero-order valence-corrected chi connectivity index (χ0v) is 9.00. The van der Waals surface area contributed by atoms with Crippen molar-refractivity contribution >= 4 is 11.6 Å². The van der Waals surface area contributed by atoms with Crippen LogP contribution in [-0.4, -0.2) is 0 Å². The van der Waals surface area contributed by atoms with Crippen LogP contribution >= 0.6 is 11.6 Å². The van der Waals surface area contributed by atoms with Crippen LogP contribution < -0.4 is 0 Å². The molecule has 0 radical (unpaired) electrons. The molecular formula is C13H7ClFN. The highest BCUT2D eigenvalue weighted by atomic mass is 35.5. The van der Waals surface area contributed by atoms with Gasteiger partial charge >= 0.3 is 0 Å². The van der Waals surface area contributed by atoms with Gasteiger partial charge in [-0.05, 0) is 29.8 Å². The Hall–Kier alpha value is -1.85. The quantitative estimate of drug-likeness (QED) is 0.727. The summed E-state index contributed by atoms with van der Waals surface area (Å²) in [6.45, 7) is 0. The van der Waals surface area contributed by atoms with Crippen molar-refractivity contribution in [3.63, 3.8) is 0 Å². The number of rotatable bonds is 1. The molecule has 3 heteroatoms. The van der Waals surface area contributed by atoms with E-state index in [4.69, 9.17) is 16.9 Å². The van der Waals surface area contributed by atoms with E-state index in [1.807, 2.05) is 6.07 Å². The van der Waals surface area contributed by atoms with Crippen molar-refractivity contribution in [3.8, 4) is 17.2 Å². The van der Waals surface area contributed by atoms with E-state index < -0.39 is 5.82 Å². The Morgan fingerprint density at radius 3 is 2.56 bits per heavy atom. The van der Waals surface area contributed by atoms with Crippen molar-refractivity contribution in [1.29, 1.82) is 5.26 Å². The summed E-state index contributed by atoms with van der Waals surface area (Å²) in [4.78, 5) is 0. The summed E-state index contributed by atoms with van der Waals surface area (Å²) in [6, 6.07) is 13.2. The maximum atomic E-state index is 13.7. The smallest absolute Gasteiger partial charge is 0.132 e. The SMILES string of the molecule is N#Cc1ccc(-c2cccc(Cl)c2)c(F)c1. The van der Waals surface area contributed by atoms with E-state index in [0.717, 1.165) is 0 Å². The van der Waals surface area contributed by atoms with Crippen molar-refractivity contribution in [2.45, 2.75) is 0 Å². The minimum Gasteiger partial charge on any atom is -0.206 e. The van der Waals surface area contributed by atoms with Gasteiger partial charge in [0.2, 0.25) is 0 Å². The summed E-state index contributed by atoms with van der Waals surface area (Å²) in [7, 11) is 0. The fourth-order valence-electron chi connectivity index (χ4n) is 1.47. The molecule has 2 aromatic carbocycles. The number of nitriles is 1. The Morgan fingerprint density at radius 1 is 1.12 bits per heavy atom. The van der Waals surface area contributed by atoms with Gasteiger partial charge in [0.1, 0.15) is 5.82 Å². The van der Waals surface area contributed by atoms with Crippen molar-refractivity contribution in [2.24, 2.45) is 0 Å². The Labute approximate surface area is 97.7 Å². The van der Waals surface area contributed by atoms with E-state index in [1.54, 1.807) is 36.4 Å². The third-order valence-electron chi connectivity index (χ3n) is 2.23. The lowest BCUT2D eigenvalue weighted by Gasteiger charge is -2.03. The lowest BCUT2D eigenvalue weighted by Crippen LogP contribution is -1.86. The topological polar surface area (TPSA) is 23.8 Å². The van der Waals surface area contributed by atoms with Crippen LogP contribution in [0.1, 0.15) is 5.56 Å². The molecule has 0 heterocycles. The van der Waals surface area contributed by atoms with E-state index in [0.29, 0.717) is 21.7 Å². The maximum Gasteiger partial charge on any atom is 0.132 e. The molecule has 16 heavy (non-hydrogen) atoms. The molecule has 2 aromatic rings. The number of halogens is 2. The van der Waals surface area contributed by atoms with Gasteiger partial charge in [0, 0.05) is 10.6 Å². The van der Waals surface area contributed by atoms with Crippen LogP contribution in [0.4, 0.5) is 4.39 Å². The maximum absolute atomic E-state index is 13.7. The van der Waals surface area contributed by atoms with Crippen LogP contribution in [0.3, 0.4) is 0 Å². The third kappa shape index (κ3) is 2.05. The fourth-order valence-corrected chi connectivity index (χ4v) is 1.67. The zero-order chi connectivity index (χ0) is 11.5. The summed E-state index contributed by atoms with van der Waals surface area (Å²) in [6.07, 6.45) is 0. The van der Waals surface area contributed by atoms with Gasteiger partial charge in [-0.3, -0.25) is 0 Å². The zero-order valence-electron chi connectivity index (χ0n) is 8.24. The Bertz CT molecular complexity index is 572. The van der Waals surface area contributed by atoms with E-state index in [-0.39, 0.29) is 0 Å². The first-order chi connectivity index (χ1) is 7.70. The van der Waals surface area contributed by atoms with Crippen LogP contribution in [0, 0.1) is 17.1 Å². The Balaban J connectivity index is 2.53. The highest BCUT2D eigenvalue weighted by Crippen LogP contribution is 2.25. The molecule has 0 unspecified atom stereocenters. The molecule has 0 amide bonds. The molecule has 0 aliphatic rings. The molecule has 0 bridgehead atoms. The average Bonchev–Trinajstić information content (AvgIpc) is 2.28. The number of hydrogen-bond acceptors (Lipinski definition) is 1. The van der Waals surface area contributed by atoms with E-state index >= 15 is 0 Å². The molecule has 0 N–H and O–H groups in total. The molecule has 0 aliphatic heterocycles. The lowest BCUT2D eigenvalue weighted by molar-refractivity contribution is 0.631. The van der Waals surface area contributed by atoms with Gasteiger partial charge < -0.3 is 0 Å². The minimum atomic E-state index is -0.415. The molecule has 78 valence electrons. The molecule has 0 atom stereocenters. The predicted octanol–water partition coefficient (Wildman–Crippen LogP) is 4.02. The van der Waals surface area contributed by atoms with E-state index in [1.165, 1.54) is 6.07 Å². The molecular weight excluding hydrogens is 225 g/mol. The summed E-state index contributed by atoms with van der Waals surface area (Å²) >= 11 is 5.83. The second kappa shape index (κ2) is 4.34. The molecule has 0 fully saturated rings. The summed E-state index contributed by atoms with van der Waals surface area (Å²) < 4.78 is 13.7. The van der Waals surface area contributed by atoms with E-state index in [2.05, 4.69) is 0 Å². The first-order valence-electron chi connectivity index (χ1n) is 4.66. The summed E-state index contributed by atoms with van der Waals surface area (Å²) in [5.74, 6) is -0.415. The molecule has 1 nitrogen and oxygen atoms in total. The van der Waals surface area contributed by atoms with Crippen LogP contribution in [-0.2, 0) is 0 Å². The van der Waals surface area contributed by atoms with Crippen molar-refractivity contribution < 1.29 is 4.39 Å². The van der Waals surface area contributed by atoms with Crippen molar-refractivity contribution in [2.75, 3.05) is 0 Å². The predicted molar refractivity (Wildman–Crippen MR) is 61.6 cm³/mol. The average molecular weight is 232 g/mol. The van der Waals surface area contributed by atoms with Crippen molar-refractivity contribution in [1.82, 2.24) is 0 Å². The third-order valence-corrected chi connectivity index (χ3v) is 2.47. The number of hydrogen-bond donors (Lipinski definition) is 0. The second-order valence-electron chi connectivity index (χ2n) is 3.32.